The number of amides is 1. The Hall–Kier alpha value is -2.77. The van der Waals surface area contributed by atoms with Crippen LogP contribution in [0.1, 0.15) is 10.5 Å². The van der Waals surface area contributed by atoms with E-state index in [4.69, 9.17) is 5.73 Å². The van der Waals surface area contributed by atoms with E-state index in [0.29, 0.717) is 5.69 Å². The predicted octanol–water partition coefficient (Wildman–Crippen LogP) is 1.91. The molecule has 8 heteroatoms. The van der Waals surface area contributed by atoms with E-state index in [2.05, 4.69) is 20.0 Å². The van der Waals surface area contributed by atoms with Gasteiger partial charge < -0.3 is 15.8 Å². The summed E-state index contributed by atoms with van der Waals surface area (Å²) >= 11 is 0. The molecular formula is C12H10F2N4O2. The number of carbonyl (C=O) groups is 1. The molecule has 6 nitrogen and oxygen atoms in total. The second-order valence-electron chi connectivity index (χ2n) is 3.68. The summed E-state index contributed by atoms with van der Waals surface area (Å²) < 4.78 is 28.1. The van der Waals surface area contributed by atoms with Crippen molar-refractivity contribution in [3.05, 3.63) is 42.4 Å². The number of carbonyl (C=O) groups excluding carboxylic acids is 1. The first-order valence-corrected chi connectivity index (χ1v) is 5.48. The van der Waals surface area contributed by atoms with Gasteiger partial charge in [-0.2, -0.15) is 8.78 Å². The highest BCUT2D eigenvalue weighted by molar-refractivity contribution is 6.02. The third kappa shape index (κ3) is 3.61. The van der Waals surface area contributed by atoms with Gasteiger partial charge in [0.05, 0.1) is 12.4 Å². The fourth-order valence-corrected chi connectivity index (χ4v) is 1.37. The smallest absolute Gasteiger partial charge is 0.387 e. The van der Waals surface area contributed by atoms with Crippen LogP contribution in [-0.4, -0.2) is 22.5 Å². The zero-order valence-corrected chi connectivity index (χ0v) is 10.1. The molecule has 2 aromatic rings. The monoisotopic (exact) mass is 280 g/mol. The largest absolute Gasteiger partial charge is 0.435 e. The Balaban J connectivity index is 2.02. The summed E-state index contributed by atoms with van der Waals surface area (Å²) in [5.74, 6) is -0.277. The van der Waals surface area contributed by atoms with Gasteiger partial charge in [-0.25, -0.2) is 9.97 Å². The van der Waals surface area contributed by atoms with Crippen molar-refractivity contribution in [2.75, 3.05) is 11.1 Å². The number of aromatic nitrogens is 2. The number of anilines is 2. The van der Waals surface area contributed by atoms with E-state index in [-0.39, 0.29) is 17.3 Å². The zero-order valence-electron chi connectivity index (χ0n) is 10.1. The summed E-state index contributed by atoms with van der Waals surface area (Å²) in [6, 6.07) is 5.49. The number of alkyl halides is 2. The van der Waals surface area contributed by atoms with E-state index < -0.39 is 12.5 Å². The van der Waals surface area contributed by atoms with E-state index >= 15 is 0 Å². The molecule has 0 fully saturated rings. The number of halogens is 2. The lowest BCUT2D eigenvalue weighted by molar-refractivity contribution is -0.0498. The molecule has 104 valence electrons. The first kappa shape index (κ1) is 13.7. The summed E-state index contributed by atoms with van der Waals surface area (Å²) in [5.41, 5.74) is 5.86. The van der Waals surface area contributed by atoms with Crippen molar-refractivity contribution in [1.82, 2.24) is 9.97 Å². The molecule has 0 saturated heterocycles. The Morgan fingerprint density at radius 3 is 2.45 bits per heavy atom. The van der Waals surface area contributed by atoms with Crippen molar-refractivity contribution in [2.45, 2.75) is 6.61 Å². The average Bonchev–Trinajstić information content (AvgIpc) is 2.41. The van der Waals surface area contributed by atoms with E-state index in [1.165, 1.54) is 36.7 Å². The number of ether oxygens (including phenoxy) is 1. The fraction of sp³-hybridized carbons (Fsp3) is 0.0833. The molecule has 0 aliphatic carbocycles. The second-order valence-corrected chi connectivity index (χ2v) is 3.68. The Morgan fingerprint density at radius 1 is 1.20 bits per heavy atom. The molecule has 0 atom stereocenters. The highest BCUT2D eigenvalue weighted by atomic mass is 19.3. The highest BCUT2D eigenvalue weighted by Gasteiger charge is 2.09. The number of benzene rings is 1. The molecule has 0 aliphatic rings. The Kier molecular flexibility index (Phi) is 4.04. The van der Waals surface area contributed by atoms with Gasteiger partial charge >= 0.3 is 6.61 Å². The van der Waals surface area contributed by atoms with Crippen LogP contribution in [-0.2, 0) is 0 Å². The lowest BCUT2D eigenvalue weighted by Crippen LogP contribution is -2.14. The van der Waals surface area contributed by atoms with Crippen molar-refractivity contribution in [3.63, 3.8) is 0 Å². The minimum atomic E-state index is -2.89. The van der Waals surface area contributed by atoms with E-state index in [0.717, 1.165) is 0 Å². The van der Waals surface area contributed by atoms with Crippen LogP contribution in [0.4, 0.5) is 20.3 Å². The molecule has 0 spiro atoms. The van der Waals surface area contributed by atoms with Crippen LogP contribution in [0, 0.1) is 0 Å². The van der Waals surface area contributed by atoms with Gasteiger partial charge in [-0.05, 0) is 24.3 Å². The number of hydrogen-bond donors (Lipinski definition) is 2. The number of hydrogen-bond acceptors (Lipinski definition) is 5. The fourth-order valence-electron chi connectivity index (χ4n) is 1.37. The minimum Gasteiger partial charge on any atom is -0.435 e. The van der Waals surface area contributed by atoms with Crippen molar-refractivity contribution < 1.29 is 18.3 Å². The van der Waals surface area contributed by atoms with E-state index in [9.17, 15) is 13.6 Å². The Morgan fingerprint density at radius 2 is 1.90 bits per heavy atom. The molecule has 20 heavy (non-hydrogen) atoms. The standard InChI is InChI=1S/C12H10F2N4O2/c13-12(14)20-8-3-1-7(2-4-8)18-11(19)9-5-17-10(15)6-16-9/h1-6,12H,(H2,15,17)(H,18,19). The molecule has 0 saturated carbocycles. The van der Waals surface area contributed by atoms with Gasteiger partial charge in [-0.1, -0.05) is 0 Å². The molecule has 0 unspecified atom stereocenters. The third-order valence-electron chi connectivity index (χ3n) is 2.24. The molecule has 2 rings (SSSR count). The average molecular weight is 280 g/mol. The van der Waals surface area contributed by atoms with Crippen LogP contribution in [0.2, 0.25) is 0 Å². The Labute approximate surface area is 112 Å². The predicted molar refractivity (Wildman–Crippen MR) is 67.5 cm³/mol. The molecule has 3 N–H and O–H groups in total. The van der Waals surface area contributed by atoms with Crippen molar-refractivity contribution in [3.8, 4) is 5.75 Å². The summed E-state index contributed by atoms with van der Waals surface area (Å²) in [6.07, 6.45) is 2.49. The summed E-state index contributed by atoms with van der Waals surface area (Å²) in [6.45, 7) is -2.89. The van der Waals surface area contributed by atoms with Crippen LogP contribution >= 0.6 is 0 Å². The van der Waals surface area contributed by atoms with Crippen molar-refractivity contribution >= 4 is 17.4 Å². The van der Waals surface area contributed by atoms with Crippen LogP contribution in [0.3, 0.4) is 0 Å². The first-order valence-electron chi connectivity index (χ1n) is 5.48. The van der Waals surface area contributed by atoms with E-state index in [1.54, 1.807) is 0 Å². The van der Waals surface area contributed by atoms with E-state index in [1.807, 2.05) is 0 Å². The summed E-state index contributed by atoms with van der Waals surface area (Å²) in [5, 5.41) is 2.53. The SMILES string of the molecule is Nc1cnc(C(=O)Nc2ccc(OC(F)F)cc2)cn1. The normalized spacial score (nSPS) is 10.3. The van der Waals surface area contributed by atoms with Gasteiger partial charge in [0.25, 0.3) is 5.91 Å². The van der Waals surface area contributed by atoms with Crippen LogP contribution in [0.15, 0.2) is 36.7 Å². The van der Waals surface area contributed by atoms with Crippen LogP contribution < -0.4 is 15.8 Å². The maximum Gasteiger partial charge on any atom is 0.387 e. The van der Waals surface area contributed by atoms with Gasteiger partial charge in [-0.3, -0.25) is 4.79 Å². The maximum atomic E-state index is 12.0. The van der Waals surface area contributed by atoms with Gasteiger partial charge in [0.2, 0.25) is 0 Å². The molecule has 1 aromatic carbocycles. The maximum absolute atomic E-state index is 12.0. The van der Waals surface area contributed by atoms with Gasteiger partial charge in [0.15, 0.2) is 0 Å². The quantitative estimate of drug-likeness (QED) is 0.892. The van der Waals surface area contributed by atoms with Crippen molar-refractivity contribution in [2.24, 2.45) is 0 Å². The molecule has 1 amide bonds. The number of nitrogens with two attached hydrogens (primary N) is 1. The van der Waals surface area contributed by atoms with Gasteiger partial charge in [-0.15, -0.1) is 0 Å². The number of nitrogen functional groups attached to an aromatic ring is 1. The number of nitrogens with zero attached hydrogens (tertiary/aromatic N) is 2. The van der Waals surface area contributed by atoms with Crippen LogP contribution in [0.25, 0.3) is 0 Å². The third-order valence-corrected chi connectivity index (χ3v) is 2.24. The number of rotatable bonds is 4. The Bertz CT molecular complexity index is 587. The minimum absolute atomic E-state index is 0.00488. The molecule has 0 radical (unpaired) electrons. The van der Waals surface area contributed by atoms with Crippen LogP contribution in [0.5, 0.6) is 5.75 Å². The van der Waals surface area contributed by atoms with Gasteiger partial charge in [0.1, 0.15) is 17.3 Å². The van der Waals surface area contributed by atoms with Gasteiger partial charge in [0, 0.05) is 5.69 Å². The van der Waals surface area contributed by atoms with Crippen molar-refractivity contribution in [1.29, 1.82) is 0 Å². The first-order chi connectivity index (χ1) is 9.54. The highest BCUT2D eigenvalue weighted by Crippen LogP contribution is 2.18. The molecule has 0 bridgehead atoms. The summed E-state index contributed by atoms with van der Waals surface area (Å²) in [7, 11) is 0. The topological polar surface area (TPSA) is 90.1 Å². The second kappa shape index (κ2) is 5.91. The molecule has 0 aliphatic heterocycles. The zero-order chi connectivity index (χ0) is 14.5. The molecular weight excluding hydrogens is 270 g/mol. The number of nitrogens with one attached hydrogen (secondary N) is 1. The molecule has 1 aromatic heterocycles. The lowest BCUT2D eigenvalue weighted by atomic mass is 10.3. The molecule has 1 heterocycles. The lowest BCUT2D eigenvalue weighted by Gasteiger charge is -2.07. The summed E-state index contributed by atoms with van der Waals surface area (Å²) in [4.78, 5) is 19.3.